The zero-order chi connectivity index (χ0) is 30.2. The van der Waals surface area contributed by atoms with Gasteiger partial charge < -0.3 is 9.80 Å². The zero-order valence-corrected chi connectivity index (χ0v) is 28.5. The van der Waals surface area contributed by atoms with Crippen molar-refractivity contribution in [3.8, 4) is 0 Å². The molecule has 0 radical (unpaired) electrons. The average Bonchev–Trinajstić information content (AvgIpc) is 2.96. The molecule has 0 unspecified atom stereocenters. The maximum absolute atomic E-state index is 13.6. The smallest absolute Gasteiger partial charge is 0.222 e. The first-order valence-electron chi connectivity index (χ1n) is 18.0. The number of unbranched alkanes of at least 4 members (excludes halogenated alkanes) is 13. The Bertz CT molecular complexity index is 610. The molecular formula is C38H72N2O. The van der Waals surface area contributed by atoms with Crippen LogP contribution in [0.15, 0.2) is 36.5 Å². The molecule has 0 aromatic heterocycles. The van der Waals surface area contributed by atoms with E-state index in [1.807, 2.05) is 0 Å². The van der Waals surface area contributed by atoms with Crippen molar-refractivity contribution in [1.29, 1.82) is 0 Å². The van der Waals surface area contributed by atoms with Gasteiger partial charge in [-0.25, -0.2) is 0 Å². The summed E-state index contributed by atoms with van der Waals surface area (Å²) in [6.07, 6.45) is 41.6. The second kappa shape index (κ2) is 31.6. The molecule has 0 aliphatic heterocycles. The van der Waals surface area contributed by atoms with Crippen LogP contribution in [0.1, 0.15) is 168 Å². The maximum atomic E-state index is 13.6. The molecule has 3 nitrogen and oxygen atoms in total. The highest BCUT2D eigenvalue weighted by atomic mass is 16.2. The second-order valence-corrected chi connectivity index (χ2v) is 12.4. The second-order valence-electron chi connectivity index (χ2n) is 12.4. The van der Waals surface area contributed by atoms with Gasteiger partial charge in [0.05, 0.1) is 0 Å². The fourth-order valence-corrected chi connectivity index (χ4v) is 5.38. The molecule has 0 fully saturated rings. The minimum atomic E-state index is 0.381. The van der Waals surface area contributed by atoms with Crippen LogP contribution in [0.25, 0.3) is 0 Å². The van der Waals surface area contributed by atoms with Gasteiger partial charge in [-0.3, -0.25) is 4.79 Å². The molecule has 0 heterocycles. The molecule has 0 saturated heterocycles. The van der Waals surface area contributed by atoms with Gasteiger partial charge in [-0.05, 0) is 123 Å². The topological polar surface area (TPSA) is 23.6 Å². The molecule has 41 heavy (non-hydrogen) atoms. The van der Waals surface area contributed by atoms with E-state index in [4.69, 9.17) is 0 Å². The lowest BCUT2D eigenvalue weighted by Gasteiger charge is -2.32. The third-order valence-electron chi connectivity index (χ3n) is 8.02. The van der Waals surface area contributed by atoms with Gasteiger partial charge in [-0.1, -0.05) is 95.8 Å². The summed E-state index contributed by atoms with van der Waals surface area (Å²) in [5.74, 6) is 0.394. The van der Waals surface area contributed by atoms with Crippen molar-refractivity contribution in [2.75, 3.05) is 27.2 Å². The monoisotopic (exact) mass is 573 g/mol. The molecule has 0 atom stereocenters. The first kappa shape index (κ1) is 39.6. The van der Waals surface area contributed by atoms with Crippen LogP contribution < -0.4 is 0 Å². The fraction of sp³-hybridized carbons (Fsp3) is 0.816. The maximum Gasteiger partial charge on any atom is 0.222 e. The molecule has 240 valence electrons. The Labute approximate surface area is 258 Å². The van der Waals surface area contributed by atoms with E-state index in [9.17, 15) is 4.79 Å². The lowest BCUT2D eigenvalue weighted by atomic mass is 9.99. The third kappa shape index (κ3) is 27.2. The van der Waals surface area contributed by atoms with Gasteiger partial charge in [-0.15, -0.1) is 0 Å². The number of hydrogen-bond acceptors (Lipinski definition) is 2. The lowest BCUT2D eigenvalue weighted by molar-refractivity contribution is -0.134. The number of carbonyl (C=O) groups is 1. The number of hydrogen-bond donors (Lipinski definition) is 0. The van der Waals surface area contributed by atoms with Crippen LogP contribution in [-0.4, -0.2) is 48.9 Å². The van der Waals surface area contributed by atoms with Crippen LogP contribution in [0.4, 0.5) is 0 Å². The van der Waals surface area contributed by atoms with Crippen molar-refractivity contribution in [2.45, 2.75) is 174 Å². The van der Waals surface area contributed by atoms with Gasteiger partial charge in [0, 0.05) is 19.0 Å². The van der Waals surface area contributed by atoms with Crippen molar-refractivity contribution >= 4 is 5.91 Å². The summed E-state index contributed by atoms with van der Waals surface area (Å²) < 4.78 is 0. The minimum Gasteiger partial charge on any atom is -0.340 e. The quantitative estimate of drug-likeness (QED) is 0.0631. The Kier molecular flexibility index (Phi) is 30.5. The van der Waals surface area contributed by atoms with Crippen LogP contribution in [-0.2, 0) is 4.79 Å². The molecule has 0 aromatic carbocycles. The zero-order valence-electron chi connectivity index (χ0n) is 28.5. The van der Waals surface area contributed by atoms with Gasteiger partial charge in [0.1, 0.15) is 0 Å². The van der Waals surface area contributed by atoms with Gasteiger partial charge in [0.15, 0.2) is 0 Å². The number of amides is 1. The molecule has 0 aromatic rings. The summed E-state index contributed by atoms with van der Waals surface area (Å²) in [5, 5.41) is 0. The van der Waals surface area contributed by atoms with Gasteiger partial charge in [0.2, 0.25) is 5.91 Å². The van der Waals surface area contributed by atoms with Crippen LogP contribution in [0.5, 0.6) is 0 Å². The predicted molar refractivity (Wildman–Crippen MR) is 185 cm³/mol. The Balaban J connectivity index is 5.14. The molecular weight excluding hydrogens is 500 g/mol. The molecule has 0 rings (SSSR count). The highest BCUT2D eigenvalue weighted by Gasteiger charge is 2.22. The normalized spacial score (nSPS) is 12.3. The first-order chi connectivity index (χ1) is 20.1. The summed E-state index contributed by atoms with van der Waals surface area (Å²) in [7, 11) is 4.24. The van der Waals surface area contributed by atoms with Crippen LogP contribution in [0.3, 0.4) is 0 Å². The van der Waals surface area contributed by atoms with Gasteiger partial charge in [-0.2, -0.15) is 0 Å². The predicted octanol–water partition coefficient (Wildman–Crippen LogP) is 11.4. The molecule has 0 aliphatic rings. The Morgan fingerprint density at radius 1 is 0.512 bits per heavy atom. The molecule has 0 spiro atoms. The minimum absolute atomic E-state index is 0.381. The first-order valence-corrected chi connectivity index (χ1v) is 18.0. The van der Waals surface area contributed by atoms with Gasteiger partial charge >= 0.3 is 0 Å². The standard InChI is InChI=1S/C38H72N2O/c1-6-9-12-15-18-21-24-27-32-37(33-28-25-22-19-16-13-10-7-2)40(38(41)34-29-31-35-39(4)5)36-30-26-23-20-17-14-11-8-3/h18-23,37H,6-17,24-36H2,1-5H3/b21-18-,22-19-,23-20-. The number of rotatable bonds is 30. The van der Waals surface area contributed by atoms with Crippen molar-refractivity contribution < 1.29 is 4.79 Å². The summed E-state index contributed by atoms with van der Waals surface area (Å²) in [4.78, 5) is 18.1. The van der Waals surface area contributed by atoms with Crippen LogP contribution in [0, 0.1) is 0 Å². The summed E-state index contributed by atoms with van der Waals surface area (Å²) in [5.41, 5.74) is 0. The van der Waals surface area contributed by atoms with Gasteiger partial charge in [0.25, 0.3) is 0 Å². The van der Waals surface area contributed by atoms with E-state index in [1.54, 1.807) is 0 Å². The third-order valence-corrected chi connectivity index (χ3v) is 8.02. The Hall–Kier alpha value is -1.35. The molecule has 1 amide bonds. The highest BCUT2D eigenvalue weighted by molar-refractivity contribution is 5.76. The summed E-state index contributed by atoms with van der Waals surface area (Å²) in [6, 6.07) is 0.381. The highest BCUT2D eigenvalue weighted by Crippen LogP contribution is 2.20. The summed E-state index contributed by atoms with van der Waals surface area (Å²) >= 11 is 0. The fourth-order valence-electron chi connectivity index (χ4n) is 5.38. The average molecular weight is 573 g/mol. The van der Waals surface area contributed by atoms with E-state index in [0.717, 1.165) is 64.5 Å². The van der Waals surface area contributed by atoms with E-state index in [-0.39, 0.29) is 0 Å². The Morgan fingerprint density at radius 3 is 1.34 bits per heavy atom. The number of nitrogens with zero attached hydrogens (tertiary/aromatic N) is 2. The van der Waals surface area contributed by atoms with E-state index in [0.29, 0.717) is 18.4 Å². The molecule has 0 aliphatic carbocycles. The van der Waals surface area contributed by atoms with E-state index in [2.05, 4.69) is 81.1 Å². The van der Waals surface area contributed by atoms with Crippen molar-refractivity contribution in [3.63, 3.8) is 0 Å². The van der Waals surface area contributed by atoms with E-state index < -0.39 is 0 Å². The largest absolute Gasteiger partial charge is 0.340 e. The van der Waals surface area contributed by atoms with Crippen LogP contribution >= 0.6 is 0 Å². The van der Waals surface area contributed by atoms with E-state index >= 15 is 0 Å². The molecule has 3 heteroatoms. The van der Waals surface area contributed by atoms with Crippen molar-refractivity contribution in [1.82, 2.24) is 9.80 Å². The molecule has 0 saturated carbocycles. The number of allylic oxidation sites excluding steroid dienone is 6. The summed E-state index contributed by atoms with van der Waals surface area (Å²) in [6.45, 7) is 8.78. The SMILES string of the molecule is CCCCC/C=C\CCCC(CCC/C=C\CCCCC)N(CCC/C=C\CCCCC)C(=O)CCCCN(C)C. The van der Waals surface area contributed by atoms with Crippen molar-refractivity contribution in [3.05, 3.63) is 36.5 Å². The van der Waals surface area contributed by atoms with Crippen molar-refractivity contribution in [2.24, 2.45) is 0 Å². The Morgan fingerprint density at radius 2 is 0.927 bits per heavy atom. The van der Waals surface area contributed by atoms with Crippen LogP contribution in [0.2, 0.25) is 0 Å². The molecule has 0 bridgehead atoms. The number of carbonyl (C=O) groups excluding carboxylic acids is 1. The van der Waals surface area contributed by atoms with E-state index in [1.165, 1.54) is 89.9 Å². The lowest BCUT2D eigenvalue weighted by Crippen LogP contribution is -2.41. The molecule has 0 N–H and O–H groups in total.